The van der Waals surface area contributed by atoms with Crippen molar-refractivity contribution < 1.29 is 14.3 Å². The van der Waals surface area contributed by atoms with E-state index in [0.717, 1.165) is 32.1 Å². The molecule has 20 heavy (non-hydrogen) atoms. The molecule has 0 radical (unpaired) electrons. The van der Waals surface area contributed by atoms with Gasteiger partial charge in [-0.15, -0.1) is 0 Å². The van der Waals surface area contributed by atoms with Gasteiger partial charge in [0.15, 0.2) is 0 Å². The summed E-state index contributed by atoms with van der Waals surface area (Å²) in [5.74, 6) is 0.0616. The summed E-state index contributed by atoms with van der Waals surface area (Å²) in [5.41, 5.74) is -1.39. The second-order valence-electron chi connectivity index (χ2n) is 6.31. The van der Waals surface area contributed by atoms with Crippen LogP contribution >= 0.6 is 0 Å². The van der Waals surface area contributed by atoms with Crippen LogP contribution in [-0.4, -0.2) is 47.6 Å². The summed E-state index contributed by atoms with van der Waals surface area (Å²) >= 11 is 0. The van der Waals surface area contributed by atoms with E-state index in [9.17, 15) is 9.59 Å². The summed E-state index contributed by atoms with van der Waals surface area (Å²) in [6.45, 7) is 7.50. The lowest BCUT2D eigenvalue weighted by molar-refractivity contribution is -0.161. The first-order valence-corrected chi connectivity index (χ1v) is 7.66. The third-order valence-corrected chi connectivity index (χ3v) is 4.57. The highest BCUT2D eigenvalue weighted by Gasteiger charge is 2.54. The number of amides is 2. The lowest BCUT2D eigenvalue weighted by Gasteiger charge is -2.48. The maximum Gasteiger partial charge on any atom is 0.249 e. The minimum absolute atomic E-state index is 0.0320. The SMILES string of the molecule is CCOCCCN1C(=O)C2(CCCC2)NC(=O)C1(C)C. The largest absolute Gasteiger partial charge is 0.382 e. The lowest BCUT2D eigenvalue weighted by Crippen LogP contribution is -2.73. The van der Waals surface area contributed by atoms with Crippen molar-refractivity contribution in [3.05, 3.63) is 0 Å². The van der Waals surface area contributed by atoms with Gasteiger partial charge in [0.25, 0.3) is 0 Å². The number of nitrogens with zero attached hydrogens (tertiary/aromatic N) is 1. The molecule has 1 aliphatic carbocycles. The van der Waals surface area contributed by atoms with E-state index in [1.165, 1.54) is 0 Å². The Balaban J connectivity index is 2.11. The van der Waals surface area contributed by atoms with Crippen LogP contribution in [0.5, 0.6) is 0 Å². The van der Waals surface area contributed by atoms with Crippen molar-refractivity contribution in [3.8, 4) is 0 Å². The van der Waals surface area contributed by atoms with E-state index >= 15 is 0 Å². The normalized spacial score (nSPS) is 24.2. The molecule has 1 saturated heterocycles. The third kappa shape index (κ3) is 2.55. The first-order valence-electron chi connectivity index (χ1n) is 7.66. The van der Waals surface area contributed by atoms with Crippen LogP contribution in [0.25, 0.3) is 0 Å². The second-order valence-corrected chi connectivity index (χ2v) is 6.31. The number of piperazine rings is 1. The Morgan fingerprint density at radius 1 is 1.25 bits per heavy atom. The van der Waals surface area contributed by atoms with E-state index in [0.29, 0.717) is 19.8 Å². The predicted molar refractivity (Wildman–Crippen MR) is 76.2 cm³/mol. The Labute approximate surface area is 121 Å². The summed E-state index contributed by atoms with van der Waals surface area (Å²) in [6, 6.07) is 0. The van der Waals surface area contributed by atoms with E-state index in [1.807, 2.05) is 20.8 Å². The first-order chi connectivity index (χ1) is 9.44. The highest BCUT2D eigenvalue weighted by Crippen LogP contribution is 2.37. The third-order valence-electron chi connectivity index (χ3n) is 4.57. The lowest BCUT2D eigenvalue weighted by atomic mass is 9.86. The molecule has 1 N–H and O–H groups in total. The maximum atomic E-state index is 12.8. The summed E-state index contributed by atoms with van der Waals surface area (Å²) in [6.07, 6.45) is 4.34. The molecule has 2 amide bonds. The van der Waals surface area contributed by atoms with Crippen LogP contribution in [0.15, 0.2) is 0 Å². The van der Waals surface area contributed by atoms with Gasteiger partial charge in [0.2, 0.25) is 11.8 Å². The van der Waals surface area contributed by atoms with Crippen LogP contribution in [0, 0.1) is 0 Å². The molecule has 1 saturated carbocycles. The van der Waals surface area contributed by atoms with Gasteiger partial charge in [-0.05, 0) is 40.0 Å². The molecule has 5 heteroatoms. The van der Waals surface area contributed by atoms with Gasteiger partial charge in [-0.3, -0.25) is 9.59 Å². The van der Waals surface area contributed by atoms with Crippen LogP contribution in [0.2, 0.25) is 0 Å². The van der Waals surface area contributed by atoms with Gasteiger partial charge >= 0.3 is 0 Å². The molecule has 1 aliphatic heterocycles. The van der Waals surface area contributed by atoms with Gasteiger partial charge in [0.1, 0.15) is 11.1 Å². The quantitative estimate of drug-likeness (QED) is 0.777. The van der Waals surface area contributed by atoms with Crippen LogP contribution < -0.4 is 5.32 Å². The topological polar surface area (TPSA) is 58.6 Å². The molecule has 2 aliphatic rings. The number of rotatable bonds is 5. The summed E-state index contributed by atoms with van der Waals surface area (Å²) in [5, 5.41) is 3.00. The molecule has 5 nitrogen and oxygen atoms in total. The Bertz CT molecular complexity index is 387. The van der Waals surface area contributed by atoms with Crippen molar-refractivity contribution in [1.82, 2.24) is 10.2 Å². The van der Waals surface area contributed by atoms with Gasteiger partial charge in [-0.1, -0.05) is 12.8 Å². The number of carbonyl (C=O) groups is 2. The fourth-order valence-electron chi connectivity index (χ4n) is 3.23. The number of nitrogens with one attached hydrogen (secondary N) is 1. The van der Waals surface area contributed by atoms with Crippen molar-refractivity contribution in [2.75, 3.05) is 19.8 Å². The number of carbonyl (C=O) groups excluding carboxylic acids is 2. The molecular weight excluding hydrogens is 256 g/mol. The van der Waals surface area contributed by atoms with Crippen molar-refractivity contribution in [2.24, 2.45) is 0 Å². The Morgan fingerprint density at radius 2 is 1.90 bits per heavy atom. The van der Waals surface area contributed by atoms with E-state index < -0.39 is 11.1 Å². The standard InChI is InChI=1S/C15H26N2O3/c1-4-20-11-7-10-17-13(19)15(8-5-6-9-15)16-12(18)14(17,2)3/h4-11H2,1-3H3,(H,16,18). The summed E-state index contributed by atoms with van der Waals surface area (Å²) in [7, 11) is 0. The highest BCUT2D eigenvalue weighted by molar-refractivity contribution is 6.02. The molecule has 0 bridgehead atoms. The predicted octanol–water partition coefficient (Wildman–Crippen LogP) is 1.46. The zero-order valence-electron chi connectivity index (χ0n) is 12.8. The van der Waals surface area contributed by atoms with Crippen LogP contribution in [0.1, 0.15) is 52.9 Å². The van der Waals surface area contributed by atoms with Crippen molar-refractivity contribution in [2.45, 2.75) is 64.0 Å². The number of hydrogen-bond donors (Lipinski definition) is 1. The highest BCUT2D eigenvalue weighted by atomic mass is 16.5. The van der Waals surface area contributed by atoms with Crippen molar-refractivity contribution >= 4 is 11.8 Å². The monoisotopic (exact) mass is 282 g/mol. The van der Waals surface area contributed by atoms with Gasteiger partial charge in [-0.25, -0.2) is 0 Å². The molecule has 114 valence electrons. The van der Waals surface area contributed by atoms with Gasteiger partial charge in [0, 0.05) is 19.8 Å². The average molecular weight is 282 g/mol. The molecule has 0 aromatic rings. The smallest absolute Gasteiger partial charge is 0.249 e. The molecule has 0 unspecified atom stereocenters. The van der Waals surface area contributed by atoms with E-state index in [-0.39, 0.29) is 11.8 Å². The minimum Gasteiger partial charge on any atom is -0.382 e. The zero-order valence-corrected chi connectivity index (χ0v) is 12.8. The molecule has 2 fully saturated rings. The minimum atomic E-state index is -0.767. The Hall–Kier alpha value is -1.10. The van der Waals surface area contributed by atoms with Gasteiger partial charge < -0.3 is 15.0 Å². The van der Waals surface area contributed by atoms with Gasteiger partial charge in [-0.2, -0.15) is 0 Å². The summed E-state index contributed by atoms with van der Waals surface area (Å²) in [4.78, 5) is 27.0. The van der Waals surface area contributed by atoms with Crippen LogP contribution in [0.3, 0.4) is 0 Å². The molecule has 1 heterocycles. The van der Waals surface area contributed by atoms with E-state index in [1.54, 1.807) is 4.90 Å². The van der Waals surface area contributed by atoms with Gasteiger partial charge in [0.05, 0.1) is 0 Å². The number of hydrogen-bond acceptors (Lipinski definition) is 3. The summed E-state index contributed by atoms with van der Waals surface area (Å²) < 4.78 is 5.33. The van der Waals surface area contributed by atoms with E-state index in [2.05, 4.69) is 5.32 Å². The molecule has 2 rings (SSSR count). The molecule has 1 spiro atoms. The average Bonchev–Trinajstić information content (AvgIpc) is 2.86. The first kappa shape index (κ1) is 15.3. The van der Waals surface area contributed by atoms with Crippen LogP contribution in [-0.2, 0) is 14.3 Å². The maximum absolute atomic E-state index is 12.8. The van der Waals surface area contributed by atoms with Crippen molar-refractivity contribution in [1.29, 1.82) is 0 Å². The molecular formula is C15H26N2O3. The molecule has 0 aromatic carbocycles. The second kappa shape index (κ2) is 5.72. The molecule has 0 atom stereocenters. The zero-order chi connectivity index (χ0) is 14.8. The Morgan fingerprint density at radius 3 is 2.50 bits per heavy atom. The Kier molecular flexibility index (Phi) is 4.37. The number of ether oxygens (including phenoxy) is 1. The van der Waals surface area contributed by atoms with E-state index in [4.69, 9.17) is 4.74 Å². The fraction of sp³-hybridized carbons (Fsp3) is 0.867. The van der Waals surface area contributed by atoms with Crippen molar-refractivity contribution in [3.63, 3.8) is 0 Å². The van der Waals surface area contributed by atoms with Crippen LogP contribution in [0.4, 0.5) is 0 Å². The fourth-order valence-corrected chi connectivity index (χ4v) is 3.23. The molecule has 0 aromatic heterocycles.